The molecule has 0 radical (unpaired) electrons. The predicted octanol–water partition coefficient (Wildman–Crippen LogP) is 9.89. The SMILES string of the molecule is CC(=CC(C)(CC=C(CC(C)(C)c1ccccc1)c1ccccc1)c1ccccc1)c1ccccc1. The van der Waals surface area contributed by atoms with Gasteiger partial charge in [0.2, 0.25) is 0 Å². The fourth-order valence-electron chi connectivity index (χ4n) is 5.09. The summed E-state index contributed by atoms with van der Waals surface area (Å²) in [4.78, 5) is 0. The summed E-state index contributed by atoms with van der Waals surface area (Å²) in [7, 11) is 0. The average Bonchev–Trinajstić information content (AvgIpc) is 2.93. The normalized spacial score (nSPS) is 14.3. The highest BCUT2D eigenvalue weighted by atomic mass is 14.3. The maximum absolute atomic E-state index is 2.49. The van der Waals surface area contributed by atoms with E-state index in [1.807, 2.05) is 0 Å². The van der Waals surface area contributed by atoms with Gasteiger partial charge >= 0.3 is 0 Å². The van der Waals surface area contributed by atoms with E-state index in [-0.39, 0.29) is 10.8 Å². The van der Waals surface area contributed by atoms with Gasteiger partial charge in [-0.15, -0.1) is 0 Å². The third-order valence-corrected chi connectivity index (χ3v) is 7.30. The van der Waals surface area contributed by atoms with Gasteiger partial charge in [0, 0.05) is 5.41 Å². The van der Waals surface area contributed by atoms with Gasteiger partial charge in [0.15, 0.2) is 0 Å². The molecule has 0 saturated heterocycles. The first-order valence-corrected chi connectivity index (χ1v) is 13.0. The van der Waals surface area contributed by atoms with Crippen molar-refractivity contribution in [2.45, 2.75) is 51.4 Å². The average molecular weight is 471 g/mol. The first-order chi connectivity index (χ1) is 17.4. The Labute approximate surface area is 218 Å². The second-order valence-corrected chi connectivity index (χ2v) is 10.7. The third kappa shape index (κ3) is 6.32. The van der Waals surface area contributed by atoms with Gasteiger partial charge < -0.3 is 0 Å². The maximum atomic E-state index is 2.49. The van der Waals surface area contributed by atoms with Gasteiger partial charge in [-0.25, -0.2) is 0 Å². The summed E-state index contributed by atoms with van der Waals surface area (Å²) >= 11 is 0. The molecule has 1 unspecified atom stereocenters. The zero-order valence-corrected chi connectivity index (χ0v) is 22.1. The molecule has 0 fully saturated rings. The van der Waals surface area contributed by atoms with Crippen LogP contribution in [0.2, 0.25) is 0 Å². The molecule has 0 aliphatic carbocycles. The van der Waals surface area contributed by atoms with Crippen molar-refractivity contribution >= 4 is 11.1 Å². The second kappa shape index (κ2) is 11.4. The van der Waals surface area contributed by atoms with E-state index < -0.39 is 0 Å². The van der Waals surface area contributed by atoms with Crippen LogP contribution >= 0.6 is 0 Å². The summed E-state index contributed by atoms with van der Waals surface area (Å²) in [6, 6.07) is 43.4. The Morgan fingerprint density at radius 1 is 0.583 bits per heavy atom. The molecule has 0 amide bonds. The van der Waals surface area contributed by atoms with E-state index >= 15 is 0 Å². The number of benzene rings is 4. The summed E-state index contributed by atoms with van der Waals surface area (Å²) in [5.74, 6) is 0. The van der Waals surface area contributed by atoms with Crippen molar-refractivity contribution < 1.29 is 0 Å². The zero-order valence-electron chi connectivity index (χ0n) is 22.1. The van der Waals surface area contributed by atoms with Gasteiger partial charge in [-0.2, -0.15) is 0 Å². The van der Waals surface area contributed by atoms with Crippen molar-refractivity contribution in [2.24, 2.45) is 0 Å². The van der Waals surface area contributed by atoms with E-state index in [0.717, 1.165) is 12.8 Å². The van der Waals surface area contributed by atoms with Gasteiger partial charge in [-0.3, -0.25) is 0 Å². The van der Waals surface area contributed by atoms with Gasteiger partial charge in [0.05, 0.1) is 0 Å². The van der Waals surface area contributed by atoms with Crippen LogP contribution in [-0.2, 0) is 10.8 Å². The van der Waals surface area contributed by atoms with Crippen LogP contribution < -0.4 is 0 Å². The Bertz CT molecular complexity index is 1280. The van der Waals surface area contributed by atoms with E-state index in [9.17, 15) is 0 Å². The van der Waals surface area contributed by atoms with Crippen LogP contribution in [-0.4, -0.2) is 0 Å². The summed E-state index contributed by atoms with van der Waals surface area (Å²) < 4.78 is 0. The van der Waals surface area contributed by atoms with Crippen molar-refractivity contribution in [3.8, 4) is 0 Å². The molecular weight excluding hydrogens is 432 g/mol. The Kier molecular flexibility index (Phi) is 8.06. The van der Waals surface area contributed by atoms with Crippen LogP contribution in [0, 0.1) is 0 Å². The van der Waals surface area contributed by atoms with Crippen molar-refractivity contribution in [3.05, 3.63) is 156 Å². The molecule has 0 aromatic heterocycles. The minimum absolute atomic E-state index is 0.0296. The molecule has 4 rings (SSSR count). The van der Waals surface area contributed by atoms with Crippen molar-refractivity contribution in [3.63, 3.8) is 0 Å². The highest BCUT2D eigenvalue weighted by Crippen LogP contribution is 2.38. The standard InChI is InChI=1S/C36H38/c1-29(30-17-9-5-10-18-30)27-36(4,34-23-15-8-16-24-34)26-25-32(31-19-11-6-12-20-31)28-35(2,3)33-21-13-7-14-22-33/h5-25,27H,26,28H2,1-4H3. The topological polar surface area (TPSA) is 0 Å². The maximum Gasteiger partial charge on any atom is 0.0144 e. The Morgan fingerprint density at radius 2 is 1.03 bits per heavy atom. The van der Waals surface area contributed by atoms with Gasteiger partial charge in [-0.1, -0.05) is 154 Å². The molecule has 4 aromatic rings. The third-order valence-electron chi connectivity index (χ3n) is 7.30. The first kappa shape index (κ1) is 25.5. The van der Waals surface area contributed by atoms with E-state index in [2.05, 4.69) is 161 Å². The molecule has 0 spiro atoms. The summed E-state index contributed by atoms with van der Waals surface area (Å²) in [5, 5.41) is 0. The monoisotopic (exact) mass is 470 g/mol. The van der Waals surface area contributed by atoms with Crippen LogP contribution in [0.4, 0.5) is 0 Å². The number of hydrogen-bond acceptors (Lipinski definition) is 0. The van der Waals surface area contributed by atoms with Gasteiger partial charge in [0.1, 0.15) is 0 Å². The molecule has 0 N–H and O–H groups in total. The van der Waals surface area contributed by atoms with Crippen LogP contribution in [0.3, 0.4) is 0 Å². The lowest BCUT2D eigenvalue weighted by molar-refractivity contribution is 0.539. The van der Waals surface area contributed by atoms with Crippen LogP contribution in [0.5, 0.6) is 0 Å². The van der Waals surface area contributed by atoms with E-state index in [1.165, 1.54) is 33.4 Å². The Hall–Kier alpha value is -3.64. The summed E-state index contributed by atoms with van der Waals surface area (Å²) in [6.45, 7) is 9.32. The summed E-state index contributed by atoms with van der Waals surface area (Å²) in [5.41, 5.74) is 7.90. The molecule has 0 nitrogen and oxygen atoms in total. The number of allylic oxidation sites excluding steroid dienone is 4. The van der Waals surface area contributed by atoms with E-state index in [4.69, 9.17) is 0 Å². The van der Waals surface area contributed by atoms with Crippen molar-refractivity contribution in [1.82, 2.24) is 0 Å². The van der Waals surface area contributed by atoms with Gasteiger partial charge in [-0.05, 0) is 58.6 Å². The zero-order chi connectivity index (χ0) is 25.4. The quantitative estimate of drug-likeness (QED) is 0.228. The Balaban J connectivity index is 1.74. The van der Waals surface area contributed by atoms with Crippen molar-refractivity contribution in [1.29, 1.82) is 0 Å². The second-order valence-electron chi connectivity index (χ2n) is 10.7. The van der Waals surface area contributed by atoms with Crippen LogP contribution in [0.15, 0.2) is 133 Å². The summed E-state index contributed by atoms with van der Waals surface area (Å²) in [6.07, 6.45) is 6.85. The molecule has 0 heterocycles. The lowest BCUT2D eigenvalue weighted by Gasteiger charge is -2.30. The van der Waals surface area contributed by atoms with Crippen LogP contribution in [0.25, 0.3) is 11.1 Å². The molecule has 182 valence electrons. The lowest BCUT2D eigenvalue weighted by atomic mass is 9.74. The van der Waals surface area contributed by atoms with Gasteiger partial charge in [0.25, 0.3) is 0 Å². The molecule has 4 aromatic carbocycles. The molecule has 36 heavy (non-hydrogen) atoms. The lowest BCUT2D eigenvalue weighted by Crippen LogP contribution is -2.20. The fourth-order valence-corrected chi connectivity index (χ4v) is 5.09. The minimum Gasteiger partial charge on any atom is -0.0795 e. The highest BCUT2D eigenvalue weighted by Gasteiger charge is 2.26. The first-order valence-electron chi connectivity index (χ1n) is 13.0. The Morgan fingerprint density at radius 3 is 1.56 bits per heavy atom. The molecule has 0 bridgehead atoms. The van der Waals surface area contributed by atoms with E-state index in [0.29, 0.717) is 0 Å². The molecular formula is C36H38. The van der Waals surface area contributed by atoms with Crippen LogP contribution in [0.1, 0.15) is 62.8 Å². The minimum atomic E-state index is -0.127. The number of rotatable bonds is 9. The van der Waals surface area contributed by atoms with E-state index in [1.54, 1.807) is 0 Å². The fraction of sp³-hybridized carbons (Fsp3) is 0.222. The predicted molar refractivity (Wildman–Crippen MR) is 157 cm³/mol. The molecule has 1 atom stereocenters. The van der Waals surface area contributed by atoms with Crippen molar-refractivity contribution in [2.75, 3.05) is 0 Å². The molecule has 0 saturated carbocycles. The largest absolute Gasteiger partial charge is 0.0795 e. The number of hydrogen-bond donors (Lipinski definition) is 0. The molecule has 0 aliphatic rings. The smallest absolute Gasteiger partial charge is 0.0144 e. The molecule has 0 aliphatic heterocycles. The molecule has 0 heteroatoms. The highest BCUT2D eigenvalue weighted by molar-refractivity contribution is 5.68.